The van der Waals surface area contributed by atoms with Crippen LogP contribution in [0, 0.1) is 11.8 Å². The highest BCUT2D eigenvalue weighted by Gasteiger charge is 2.74. The summed E-state index contributed by atoms with van der Waals surface area (Å²) in [5.41, 5.74) is -1.87. The van der Waals surface area contributed by atoms with Gasteiger partial charge in [0.05, 0.1) is 24.7 Å². The number of fused-ring (bicyclic) bond motifs is 2. The first-order chi connectivity index (χ1) is 16.8. The van der Waals surface area contributed by atoms with Crippen molar-refractivity contribution in [1.29, 1.82) is 0 Å². The Morgan fingerprint density at radius 3 is 2.57 bits per heavy atom. The van der Waals surface area contributed by atoms with Crippen LogP contribution in [-0.4, -0.2) is 71.3 Å². The number of hydrogen-bond acceptors (Lipinski definition) is 6. The summed E-state index contributed by atoms with van der Waals surface area (Å²) < 4.78 is 12.3. The number of carbonyl (C=O) groups is 3. The van der Waals surface area contributed by atoms with Gasteiger partial charge >= 0.3 is 5.97 Å². The average molecular weight is 501 g/mol. The number of esters is 1. The van der Waals surface area contributed by atoms with Crippen LogP contribution in [0.15, 0.2) is 48.6 Å². The maximum Gasteiger partial charge on any atom is 0.313 e. The Labute approximate surface area is 209 Å². The molecule has 4 aliphatic rings. The average Bonchev–Trinajstić information content (AvgIpc) is 3.15. The second-order valence-electron chi connectivity index (χ2n) is 9.65. The van der Waals surface area contributed by atoms with Crippen molar-refractivity contribution in [2.75, 3.05) is 31.2 Å². The highest BCUT2D eigenvalue weighted by atomic mass is 35.5. The third-order valence-electron chi connectivity index (χ3n) is 7.48. The molecule has 1 unspecified atom stereocenters. The zero-order valence-electron chi connectivity index (χ0n) is 19.6. The predicted octanol–water partition coefficient (Wildman–Crippen LogP) is 2.49. The lowest BCUT2D eigenvalue weighted by molar-refractivity contribution is -0.158. The van der Waals surface area contributed by atoms with Gasteiger partial charge in [-0.2, -0.15) is 0 Å². The molecule has 0 bridgehead atoms. The summed E-state index contributed by atoms with van der Waals surface area (Å²) in [6, 6.07) is 5.84. The molecule has 1 N–H and O–H groups in total. The largest absolute Gasteiger partial charge is 0.465 e. The Hall–Kier alpha value is -2.68. The number of anilines is 1. The molecule has 1 aromatic rings. The molecule has 5 rings (SSSR count). The Bertz CT molecular complexity index is 1090. The SMILES string of the molecule is C[C@@]12/C=C\CCCCOC(=O)[C@@H]1[C@H]1C(=O)N(CCO)C3C(=O)N(c4ccc(Cl)cc4)CC=C[C@@]31O2. The molecular formula is C26H29ClN2O6. The molecule has 0 radical (unpaired) electrons. The highest BCUT2D eigenvalue weighted by Crippen LogP contribution is 2.57. The van der Waals surface area contributed by atoms with Crippen molar-refractivity contribution in [2.45, 2.75) is 43.4 Å². The Balaban J connectivity index is 1.63. The molecule has 2 fully saturated rings. The fourth-order valence-corrected chi connectivity index (χ4v) is 6.12. The van der Waals surface area contributed by atoms with Crippen LogP contribution in [0.2, 0.25) is 5.02 Å². The number of aliphatic hydroxyl groups is 1. The van der Waals surface area contributed by atoms with E-state index in [4.69, 9.17) is 21.1 Å². The van der Waals surface area contributed by atoms with Gasteiger partial charge in [-0.3, -0.25) is 14.4 Å². The summed E-state index contributed by atoms with van der Waals surface area (Å²) in [4.78, 5) is 44.2. The van der Waals surface area contributed by atoms with Gasteiger partial charge in [0.1, 0.15) is 17.6 Å². The summed E-state index contributed by atoms with van der Waals surface area (Å²) in [6.45, 7) is 1.95. The van der Waals surface area contributed by atoms with Crippen LogP contribution in [0.5, 0.6) is 0 Å². The molecule has 9 heteroatoms. The summed E-state index contributed by atoms with van der Waals surface area (Å²) in [5, 5.41) is 10.3. The lowest BCUT2D eigenvalue weighted by Crippen LogP contribution is -2.56. The number of hydrogen-bond donors (Lipinski definition) is 1. The molecule has 2 amide bonds. The summed E-state index contributed by atoms with van der Waals surface area (Å²) in [6.07, 6.45) is 9.82. The number of halogens is 1. The third kappa shape index (κ3) is 3.79. The Kier molecular flexibility index (Phi) is 6.23. The number of rotatable bonds is 3. The molecule has 5 atom stereocenters. The van der Waals surface area contributed by atoms with Gasteiger partial charge in [-0.25, -0.2) is 0 Å². The van der Waals surface area contributed by atoms with Crippen molar-refractivity contribution in [2.24, 2.45) is 11.8 Å². The lowest BCUT2D eigenvalue weighted by Gasteiger charge is -2.37. The number of β-amino-alcohol motifs (C(OH)–C–C–N with tert-alkyl or cyclic N) is 1. The minimum atomic E-state index is -1.37. The number of likely N-dealkylation sites (tertiary alicyclic amines) is 1. The number of cyclic esters (lactones) is 1. The highest BCUT2D eigenvalue weighted by molar-refractivity contribution is 6.30. The summed E-state index contributed by atoms with van der Waals surface area (Å²) >= 11 is 6.04. The molecule has 186 valence electrons. The van der Waals surface area contributed by atoms with E-state index in [0.29, 0.717) is 10.7 Å². The van der Waals surface area contributed by atoms with Crippen LogP contribution in [0.25, 0.3) is 0 Å². The third-order valence-corrected chi connectivity index (χ3v) is 7.73. The van der Waals surface area contributed by atoms with E-state index in [9.17, 15) is 19.5 Å². The van der Waals surface area contributed by atoms with Crippen LogP contribution >= 0.6 is 11.6 Å². The Morgan fingerprint density at radius 2 is 1.83 bits per heavy atom. The fourth-order valence-electron chi connectivity index (χ4n) is 6.00. The predicted molar refractivity (Wildman–Crippen MR) is 129 cm³/mol. The lowest BCUT2D eigenvalue weighted by atomic mass is 9.74. The van der Waals surface area contributed by atoms with Crippen molar-refractivity contribution in [3.05, 3.63) is 53.6 Å². The maximum absolute atomic E-state index is 14.1. The first-order valence-corrected chi connectivity index (χ1v) is 12.4. The van der Waals surface area contributed by atoms with E-state index in [2.05, 4.69) is 0 Å². The van der Waals surface area contributed by atoms with Crippen molar-refractivity contribution in [1.82, 2.24) is 4.90 Å². The molecule has 0 aliphatic carbocycles. The van der Waals surface area contributed by atoms with E-state index in [1.165, 1.54) is 4.90 Å². The minimum Gasteiger partial charge on any atom is -0.465 e. The van der Waals surface area contributed by atoms with Crippen molar-refractivity contribution >= 4 is 35.1 Å². The van der Waals surface area contributed by atoms with Gasteiger partial charge in [0.25, 0.3) is 5.91 Å². The van der Waals surface area contributed by atoms with Crippen LogP contribution in [-0.2, 0) is 23.9 Å². The van der Waals surface area contributed by atoms with Gasteiger partial charge in [-0.15, -0.1) is 0 Å². The van der Waals surface area contributed by atoms with E-state index < -0.39 is 41.0 Å². The van der Waals surface area contributed by atoms with Gasteiger partial charge in [-0.1, -0.05) is 35.9 Å². The fraction of sp³-hybridized carbons (Fsp3) is 0.500. The topological polar surface area (TPSA) is 96.4 Å². The molecule has 4 aliphatic heterocycles. The number of aliphatic hydroxyl groups excluding tert-OH is 1. The van der Waals surface area contributed by atoms with E-state index in [0.717, 1.165) is 19.3 Å². The van der Waals surface area contributed by atoms with Gasteiger partial charge in [-0.05, 0) is 50.5 Å². The van der Waals surface area contributed by atoms with Gasteiger partial charge in [0.15, 0.2) is 0 Å². The number of allylic oxidation sites excluding steroid dienone is 1. The monoisotopic (exact) mass is 500 g/mol. The summed E-state index contributed by atoms with van der Waals surface area (Å²) in [5.74, 6) is -3.11. The quantitative estimate of drug-likeness (QED) is 0.506. The standard InChI is InChI=1S/C26H29ClN2O6/c1-25-11-4-2-3-5-16-34-24(33)20(25)19-22(31)29(14-15-30)21-23(32)28(13-6-12-26(19,21)35-25)18-9-7-17(27)8-10-18/h4,6-12,19-21,30H,2-3,5,13-16H2,1H3/b11-4-/t19-,20-,21?,25+,26-/m0/s1. The van der Waals surface area contributed by atoms with E-state index in [-0.39, 0.29) is 32.2 Å². The smallest absolute Gasteiger partial charge is 0.313 e. The number of nitrogens with zero attached hydrogens (tertiary/aromatic N) is 2. The molecule has 4 heterocycles. The van der Waals surface area contributed by atoms with Crippen LogP contribution in [0.3, 0.4) is 0 Å². The normalized spacial score (nSPS) is 35.7. The molecule has 2 saturated heterocycles. The molecule has 0 aromatic heterocycles. The summed E-state index contributed by atoms with van der Waals surface area (Å²) in [7, 11) is 0. The van der Waals surface area contributed by atoms with E-state index >= 15 is 0 Å². The number of ether oxygens (including phenoxy) is 2. The second-order valence-corrected chi connectivity index (χ2v) is 10.1. The number of amides is 2. The van der Waals surface area contributed by atoms with Crippen molar-refractivity contribution in [3.63, 3.8) is 0 Å². The van der Waals surface area contributed by atoms with E-state index in [1.54, 1.807) is 42.2 Å². The zero-order chi connectivity index (χ0) is 24.8. The van der Waals surface area contributed by atoms with Crippen molar-refractivity contribution < 1.29 is 29.0 Å². The molecule has 0 saturated carbocycles. The number of carbonyl (C=O) groups excluding carboxylic acids is 3. The van der Waals surface area contributed by atoms with Gasteiger partial charge < -0.3 is 24.4 Å². The molecule has 35 heavy (non-hydrogen) atoms. The van der Waals surface area contributed by atoms with Crippen LogP contribution in [0.1, 0.15) is 26.2 Å². The van der Waals surface area contributed by atoms with Crippen LogP contribution in [0.4, 0.5) is 5.69 Å². The second kappa shape index (κ2) is 9.08. The van der Waals surface area contributed by atoms with Crippen molar-refractivity contribution in [3.8, 4) is 0 Å². The maximum atomic E-state index is 14.1. The van der Waals surface area contributed by atoms with Gasteiger partial charge in [0, 0.05) is 23.8 Å². The zero-order valence-corrected chi connectivity index (χ0v) is 20.3. The first-order valence-electron chi connectivity index (χ1n) is 12.0. The molecular weight excluding hydrogens is 472 g/mol. The molecule has 8 nitrogen and oxygen atoms in total. The molecule has 1 aromatic carbocycles. The minimum absolute atomic E-state index is 0.0481. The molecule has 1 spiro atoms. The number of benzene rings is 1. The van der Waals surface area contributed by atoms with E-state index in [1.807, 2.05) is 18.2 Å². The van der Waals surface area contributed by atoms with Gasteiger partial charge in [0.2, 0.25) is 5.91 Å². The first kappa shape index (κ1) is 24.0. The Morgan fingerprint density at radius 1 is 1.06 bits per heavy atom. The van der Waals surface area contributed by atoms with Crippen LogP contribution < -0.4 is 4.90 Å².